The summed E-state index contributed by atoms with van der Waals surface area (Å²) in [6, 6.07) is 3.04. The van der Waals surface area contributed by atoms with Crippen LogP contribution in [0.15, 0.2) is 95.0 Å². The summed E-state index contributed by atoms with van der Waals surface area (Å²) in [6.07, 6.45) is 25.5. The summed E-state index contributed by atoms with van der Waals surface area (Å²) >= 11 is 14.2. The van der Waals surface area contributed by atoms with Gasteiger partial charge in [-0.15, -0.1) is 11.8 Å². The van der Waals surface area contributed by atoms with Gasteiger partial charge < -0.3 is 15.0 Å². The maximum Gasteiger partial charge on any atom is 0.246 e. The molecule has 2 amide bonds. The molecule has 1 aliphatic carbocycles. The van der Waals surface area contributed by atoms with Crippen molar-refractivity contribution in [3.05, 3.63) is 106 Å². The molecule has 0 aromatic heterocycles. The highest BCUT2D eigenvalue weighted by molar-refractivity contribution is 7.98. The molecule has 42 heavy (non-hydrogen) atoms. The Labute approximate surface area is 263 Å². The third kappa shape index (κ3) is 9.75. The Balaban J connectivity index is 1.49. The van der Waals surface area contributed by atoms with Gasteiger partial charge in [0.2, 0.25) is 11.8 Å². The quantitative estimate of drug-likeness (QED) is 0.111. The minimum atomic E-state index is -0.661. The predicted molar refractivity (Wildman–Crippen MR) is 177 cm³/mol. The van der Waals surface area contributed by atoms with Gasteiger partial charge in [-0.1, -0.05) is 97.0 Å². The third-order valence-electron chi connectivity index (χ3n) is 7.11. The van der Waals surface area contributed by atoms with Crippen molar-refractivity contribution in [2.24, 2.45) is 5.92 Å². The van der Waals surface area contributed by atoms with E-state index in [1.807, 2.05) is 42.7 Å². The van der Waals surface area contributed by atoms with Crippen LogP contribution in [0, 0.1) is 5.92 Å². The SMILES string of the molecule is C=C(/C=C\C(=CCC)C1=CCC=CC=C1)CC(C=O)NC(=O)C1CCN(C(=O)/C=C/c2ccc(SC)c(Cl)c2Cl)CC1. The second-order valence-corrected chi connectivity index (χ2v) is 11.7. The van der Waals surface area contributed by atoms with Crippen LogP contribution in [-0.4, -0.2) is 48.4 Å². The Morgan fingerprint density at radius 3 is 2.60 bits per heavy atom. The van der Waals surface area contributed by atoms with Crippen molar-refractivity contribution in [2.45, 2.75) is 50.0 Å². The van der Waals surface area contributed by atoms with Crippen molar-refractivity contribution in [3.63, 3.8) is 0 Å². The predicted octanol–water partition coefficient (Wildman–Crippen LogP) is 7.93. The monoisotopic (exact) mass is 624 g/mol. The second-order valence-electron chi connectivity index (χ2n) is 10.1. The van der Waals surface area contributed by atoms with Crippen LogP contribution in [0.2, 0.25) is 10.0 Å². The molecular weight excluding hydrogens is 587 g/mol. The standard InChI is InChI=1S/C34H38Cl2N2O3S/c1-4-9-25(26-10-7-5-6-8-11-26)13-12-24(2)22-29(23-39)37-34(41)28-18-20-38(21-19-28)31(40)17-15-27-14-16-30(42-3)33(36)32(27)35/h5-7,9-17,23,28-29H,2,4,8,18-22H2,1,3H3,(H,37,41)/b13-12-,17-15+,25-9?. The zero-order chi connectivity index (χ0) is 30.5. The van der Waals surface area contributed by atoms with Gasteiger partial charge >= 0.3 is 0 Å². The van der Waals surface area contributed by atoms with Crippen molar-refractivity contribution in [1.82, 2.24) is 10.2 Å². The first-order chi connectivity index (χ1) is 20.3. The lowest BCUT2D eigenvalue weighted by atomic mass is 9.95. The van der Waals surface area contributed by atoms with E-state index in [1.54, 1.807) is 11.0 Å². The molecule has 2 aliphatic rings. The van der Waals surface area contributed by atoms with Gasteiger partial charge in [-0.25, -0.2) is 0 Å². The molecule has 1 atom stereocenters. The number of benzene rings is 1. The molecule has 8 heteroatoms. The highest BCUT2D eigenvalue weighted by Crippen LogP contribution is 2.35. The fraction of sp³-hybridized carbons (Fsp3) is 0.324. The summed E-state index contributed by atoms with van der Waals surface area (Å²) in [5, 5.41) is 3.75. The number of carbonyl (C=O) groups excluding carboxylic acids is 3. The van der Waals surface area contributed by atoms with Gasteiger partial charge in [0.05, 0.1) is 16.1 Å². The summed E-state index contributed by atoms with van der Waals surface area (Å²) in [6.45, 7) is 7.10. The Kier molecular flexibility index (Phi) is 13.7. The van der Waals surface area contributed by atoms with Gasteiger partial charge in [0.1, 0.15) is 6.29 Å². The molecule has 1 N–H and O–H groups in total. The highest BCUT2D eigenvalue weighted by atomic mass is 35.5. The molecule has 0 bridgehead atoms. The van der Waals surface area contributed by atoms with Gasteiger partial charge in [0.15, 0.2) is 0 Å². The lowest BCUT2D eigenvalue weighted by Gasteiger charge is -2.31. The first-order valence-electron chi connectivity index (χ1n) is 14.1. The van der Waals surface area contributed by atoms with E-state index in [1.165, 1.54) is 17.8 Å². The second kappa shape index (κ2) is 17.2. The third-order valence-corrected chi connectivity index (χ3v) is 8.89. The fourth-order valence-corrected chi connectivity index (χ4v) is 5.92. The van der Waals surface area contributed by atoms with E-state index < -0.39 is 6.04 Å². The number of piperidine rings is 1. The molecule has 1 aromatic carbocycles. The molecule has 0 saturated carbocycles. The van der Waals surface area contributed by atoms with Crippen LogP contribution in [0.4, 0.5) is 0 Å². The average Bonchev–Trinajstić information content (AvgIpc) is 3.29. The first kappa shape index (κ1) is 33.4. The lowest BCUT2D eigenvalue weighted by molar-refractivity contribution is -0.132. The van der Waals surface area contributed by atoms with E-state index in [9.17, 15) is 14.4 Å². The maximum absolute atomic E-state index is 13.0. The number of halogens is 2. The van der Waals surface area contributed by atoms with Crippen LogP contribution in [-0.2, 0) is 14.4 Å². The molecule has 5 nitrogen and oxygen atoms in total. The van der Waals surface area contributed by atoms with Crippen molar-refractivity contribution in [1.29, 1.82) is 0 Å². The number of thioether (sulfide) groups is 1. The van der Waals surface area contributed by atoms with E-state index in [0.717, 1.165) is 40.7 Å². The molecule has 1 aliphatic heterocycles. The number of likely N-dealkylation sites (tertiary alicyclic amines) is 1. The van der Waals surface area contributed by atoms with Crippen LogP contribution in [0.5, 0.6) is 0 Å². The van der Waals surface area contributed by atoms with Gasteiger partial charge in [-0.2, -0.15) is 0 Å². The minimum Gasteiger partial charge on any atom is -0.346 e. The van der Waals surface area contributed by atoms with Crippen LogP contribution >= 0.6 is 35.0 Å². The minimum absolute atomic E-state index is 0.147. The average molecular weight is 626 g/mol. The summed E-state index contributed by atoms with van der Waals surface area (Å²) in [7, 11) is 0. The Morgan fingerprint density at radius 1 is 1.14 bits per heavy atom. The molecule has 0 spiro atoms. The van der Waals surface area contributed by atoms with E-state index in [-0.39, 0.29) is 17.7 Å². The molecule has 1 heterocycles. The lowest BCUT2D eigenvalue weighted by Crippen LogP contribution is -2.45. The van der Waals surface area contributed by atoms with Crippen molar-refractivity contribution >= 4 is 59.1 Å². The summed E-state index contributed by atoms with van der Waals surface area (Å²) < 4.78 is 0. The number of nitrogens with one attached hydrogen (secondary N) is 1. The number of carbonyl (C=O) groups is 3. The number of nitrogens with zero attached hydrogens (tertiary/aromatic N) is 1. The van der Waals surface area contributed by atoms with E-state index >= 15 is 0 Å². The smallest absolute Gasteiger partial charge is 0.246 e. The van der Waals surface area contributed by atoms with Gasteiger partial charge in [0, 0.05) is 30.0 Å². The van der Waals surface area contributed by atoms with Crippen molar-refractivity contribution in [2.75, 3.05) is 19.3 Å². The zero-order valence-corrected chi connectivity index (χ0v) is 26.5. The maximum atomic E-state index is 13.0. The molecule has 1 saturated heterocycles. The number of aldehydes is 1. The van der Waals surface area contributed by atoms with Crippen LogP contribution in [0.1, 0.15) is 44.6 Å². The number of hydrogen-bond acceptors (Lipinski definition) is 4. The summed E-state index contributed by atoms with van der Waals surface area (Å²) in [4.78, 5) is 40.1. The largest absolute Gasteiger partial charge is 0.346 e. The summed E-state index contributed by atoms with van der Waals surface area (Å²) in [5.74, 6) is -0.584. The highest BCUT2D eigenvalue weighted by Gasteiger charge is 2.28. The number of hydrogen-bond donors (Lipinski definition) is 1. The molecule has 1 fully saturated rings. The van der Waals surface area contributed by atoms with E-state index in [0.29, 0.717) is 48.0 Å². The fourth-order valence-electron chi connectivity index (χ4n) is 4.75. The van der Waals surface area contributed by atoms with Crippen LogP contribution in [0.3, 0.4) is 0 Å². The zero-order valence-electron chi connectivity index (χ0n) is 24.2. The van der Waals surface area contributed by atoms with Crippen molar-refractivity contribution < 1.29 is 14.4 Å². The first-order valence-corrected chi connectivity index (χ1v) is 16.1. The topological polar surface area (TPSA) is 66.5 Å². The van der Waals surface area contributed by atoms with Gasteiger partial charge in [-0.05, 0) is 67.2 Å². The van der Waals surface area contributed by atoms with Crippen LogP contribution < -0.4 is 5.32 Å². The molecule has 1 aromatic rings. The number of amides is 2. The van der Waals surface area contributed by atoms with Gasteiger partial charge in [-0.3, -0.25) is 9.59 Å². The van der Waals surface area contributed by atoms with Crippen LogP contribution in [0.25, 0.3) is 6.08 Å². The van der Waals surface area contributed by atoms with Crippen molar-refractivity contribution in [3.8, 4) is 0 Å². The Morgan fingerprint density at radius 2 is 1.90 bits per heavy atom. The molecule has 1 unspecified atom stereocenters. The molecule has 0 radical (unpaired) electrons. The van der Waals surface area contributed by atoms with E-state index in [2.05, 4.69) is 43.1 Å². The Bertz CT molecular complexity index is 1350. The van der Waals surface area contributed by atoms with E-state index in [4.69, 9.17) is 23.2 Å². The van der Waals surface area contributed by atoms with Gasteiger partial charge in [0.25, 0.3) is 0 Å². The molecular formula is C34H38Cl2N2O3S. The number of allylic oxidation sites excluding steroid dienone is 10. The molecule has 3 rings (SSSR count). The molecule has 222 valence electrons. The Hall–Kier alpha value is -3.06. The summed E-state index contributed by atoms with van der Waals surface area (Å²) in [5.41, 5.74) is 3.67. The normalized spacial score (nSPS) is 16.9. The number of rotatable bonds is 12.